The van der Waals surface area contributed by atoms with Gasteiger partial charge < -0.3 is 0 Å². The Morgan fingerprint density at radius 1 is 1.23 bits per heavy atom. The van der Waals surface area contributed by atoms with Crippen molar-refractivity contribution in [2.75, 3.05) is 0 Å². The molecule has 1 aromatic carbocycles. The van der Waals surface area contributed by atoms with Gasteiger partial charge >= 0.3 is 0 Å². The summed E-state index contributed by atoms with van der Waals surface area (Å²) in [6.45, 7) is 1.91. The highest BCUT2D eigenvalue weighted by Crippen LogP contribution is 2.29. The average Bonchev–Trinajstić information content (AvgIpc) is 2.02. The van der Waals surface area contributed by atoms with Gasteiger partial charge in [-0.2, -0.15) is 0 Å². The second-order valence-electron chi connectivity index (χ2n) is 2.89. The Labute approximate surface area is 86.3 Å². The van der Waals surface area contributed by atoms with Crippen LogP contribution in [0.5, 0.6) is 0 Å². The van der Waals surface area contributed by atoms with Crippen molar-refractivity contribution in [3.63, 3.8) is 0 Å². The fraction of sp³-hybridized carbons (Fsp3) is 0.100. The molecule has 1 heterocycles. The third-order valence-corrected chi connectivity index (χ3v) is 2.48. The SMILES string of the molecule is Cc1cc2cccc(Cl)c2c(Cl)n1. The Bertz CT molecular complexity index is 466. The lowest BCUT2D eigenvalue weighted by atomic mass is 10.1. The van der Waals surface area contributed by atoms with Crippen molar-refractivity contribution in [2.45, 2.75) is 6.92 Å². The summed E-state index contributed by atoms with van der Waals surface area (Å²) in [6, 6.07) is 7.65. The Balaban J connectivity index is 2.94. The molecule has 3 heteroatoms. The molecular weight excluding hydrogens is 205 g/mol. The van der Waals surface area contributed by atoms with Crippen LogP contribution in [0.15, 0.2) is 24.3 Å². The molecule has 0 atom stereocenters. The van der Waals surface area contributed by atoms with E-state index in [1.165, 1.54) is 0 Å². The van der Waals surface area contributed by atoms with Crippen molar-refractivity contribution in [1.29, 1.82) is 0 Å². The van der Waals surface area contributed by atoms with Crippen molar-refractivity contribution in [2.24, 2.45) is 0 Å². The molecule has 0 fully saturated rings. The number of pyridine rings is 1. The van der Waals surface area contributed by atoms with E-state index in [1.807, 2.05) is 31.2 Å². The summed E-state index contributed by atoms with van der Waals surface area (Å²) in [5.74, 6) is 0. The molecule has 0 N–H and O–H groups in total. The first-order valence-electron chi connectivity index (χ1n) is 3.90. The lowest BCUT2D eigenvalue weighted by Crippen LogP contribution is -1.84. The normalized spacial score (nSPS) is 10.7. The summed E-state index contributed by atoms with van der Waals surface area (Å²) in [5, 5.41) is 2.98. The number of aromatic nitrogens is 1. The number of halogens is 2. The van der Waals surface area contributed by atoms with Gasteiger partial charge in [0.25, 0.3) is 0 Å². The Hall–Kier alpha value is -0.790. The van der Waals surface area contributed by atoms with Gasteiger partial charge in [0, 0.05) is 11.1 Å². The number of hydrogen-bond donors (Lipinski definition) is 0. The molecule has 0 aliphatic rings. The van der Waals surface area contributed by atoms with Gasteiger partial charge in [-0.15, -0.1) is 0 Å². The molecule has 0 aliphatic carbocycles. The fourth-order valence-electron chi connectivity index (χ4n) is 1.35. The summed E-state index contributed by atoms with van der Waals surface area (Å²) in [4.78, 5) is 4.14. The summed E-state index contributed by atoms with van der Waals surface area (Å²) in [5.41, 5.74) is 0.903. The van der Waals surface area contributed by atoms with E-state index in [4.69, 9.17) is 23.2 Å². The van der Waals surface area contributed by atoms with Gasteiger partial charge in [0.15, 0.2) is 0 Å². The van der Waals surface area contributed by atoms with Crippen LogP contribution in [0.1, 0.15) is 5.69 Å². The van der Waals surface area contributed by atoms with Crippen LogP contribution in [0.2, 0.25) is 10.2 Å². The minimum atomic E-state index is 0.473. The van der Waals surface area contributed by atoms with Crippen molar-refractivity contribution >= 4 is 34.0 Å². The highest BCUT2D eigenvalue weighted by molar-refractivity contribution is 6.41. The van der Waals surface area contributed by atoms with Crippen LogP contribution < -0.4 is 0 Å². The van der Waals surface area contributed by atoms with Crippen LogP contribution in [0.25, 0.3) is 10.8 Å². The number of rotatable bonds is 0. The third kappa shape index (κ3) is 1.50. The van der Waals surface area contributed by atoms with E-state index in [1.54, 1.807) is 0 Å². The zero-order valence-electron chi connectivity index (χ0n) is 7.01. The maximum absolute atomic E-state index is 5.99. The van der Waals surface area contributed by atoms with Crippen LogP contribution in [0.3, 0.4) is 0 Å². The smallest absolute Gasteiger partial charge is 0.138 e. The third-order valence-electron chi connectivity index (χ3n) is 1.89. The van der Waals surface area contributed by atoms with Crippen molar-refractivity contribution < 1.29 is 0 Å². The molecule has 0 radical (unpaired) electrons. The number of nitrogens with zero attached hydrogens (tertiary/aromatic N) is 1. The number of hydrogen-bond acceptors (Lipinski definition) is 1. The van der Waals surface area contributed by atoms with Crippen molar-refractivity contribution in [3.05, 3.63) is 40.1 Å². The molecule has 0 saturated carbocycles. The molecular formula is C10H7Cl2N. The Morgan fingerprint density at radius 2 is 2.00 bits per heavy atom. The molecule has 13 heavy (non-hydrogen) atoms. The van der Waals surface area contributed by atoms with E-state index in [2.05, 4.69) is 4.98 Å². The van der Waals surface area contributed by atoms with Crippen LogP contribution in [-0.2, 0) is 0 Å². The molecule has 0 saturated heterocycles. The predicted molar refractivity (Wildman–Crippen MR) is 56.5 cm³/mol. The quantitative estimate of drug-likeness (QED) is 0.604. The minimum Gasteiger partial charge on any atom is -0.241 e. The molecule has 2 rings (SSSR count). The van der Waals surface area contributed by atoms with E-state index >= 15 is 0 Å². The second-order valence-corrected chi connectivity index (χ2v) is 3.66. The van der Waals surface area contributed by atoms with E-state index in [0.717, 1.165) is 16.5 Å². The van der Waals surface area contributed by atoms with Crippen LogP contribution >= 0.6 is 23.2 Å². The first kappa shape index (κ1) is 8.79. The largest absolute Gasteiger partial charge is 0.241 e. The first-order chi connectivity index (χ1) is 6.18. The summed E-state index contributed by atoms with van der Waals surface area (Å²) >= 11 is 12.0. The van der Waals surface area contributed by atoms with Gasteiger partial charge in [-0.05, 0) is 24.4 Å². The van der Waals surface area contributed by atoms with E-state index in [0.29, 0.717) is 10.2 Å². The van der Waals surface area contributed by atoms with Crippen molar-refractivity contribution in [3.8, 4) is 0 Å². The molecule has 1 nitrogen and oxygen atoms in total. The average molecular weight is 212 g/mol. The van der Waals surface area contributed by atoms with Gasteiger partial charge in [-0.25, -0.2) is 4.98 Å². The Kier molecular flexibility index (Phi) is 2.14. The van der Waals surface area contributed by atoms with Gasteiger partial charge in [-0.3, -0.25) is 0 Å². The highest BCUT2D eigenvalue weighted by atomic mass is 35.5. The molecule has 0 bridgehead atoms. The van der Waals surface area contributed by atoms with E-state index in [9.17, 15) is 0 Å². The Morgan fingerprint density at radius 3 is 2.77 bits per heavy atom. The zero-order chi connectivity index (χ0) is 9.42. The van der Waals surface area contributed by atoms with Crippen LogP contribution in [0.4, 0.5) is 0 Å². The molecule has 1 aromatic heterocycles. The molecule has 0 aliphatic heterocycles. The van der Waals surface area contributed by atoms with Crippen LogP contribution in [0, 0.1) is 6.92 Å². The van der Waals surface area contributed by atoms with Gasteiger partial charge in [0.05, 0.1) is 5.02 Å². The lowest BCUT2D eigenvalue weighted by molar-refractivity contribution is 1.22. The van der Waals surface area contributed by atoms with Crippen LogP contribution in [-0.4, -0.2) is 4.98 Å². The van der Waals surface area contributed by atoms with Gasteiger partial charge in [0.1, 0.15) is 5.15 Å². The van der Waals surface area contributed by atoms with Gasteiger partial charge in [-0.1, -0.05) is 35.3 Å². The summed E-state index contributed by atoms with van der Waals surface area (Å²) in [6.07, 6.45) is 0. The van der Waals surface area contributed by atoms with E-state index < -0.39 is 0 Å². The first-order valence-corrected chi connectivity index (χ1v) is 4.65. The topological polar surface area (TPSA) is 12.9 Å². The van der Waals surface area contributed by atoms with Gasteiger partial charge in [0.2, 0.25) is 0 Å². The number of benzene rings is 1. The monoisotopic (exact) mass is 211 g/mol. The maximum atomic E-state index is 5.99. The molecule has 2 aromatic rings. The zero-order valence-corrected chi connectivity index (χ0v) is 8.52. The molecule has 0 unspecified atom stereocenters. The molecule has 0 spiro atoms. The summed E-state index contributed by atoms with van der Waals surface area (Å²) in [7, 11) is 0. The molecule has 66 valence electrons. The molecule has 0 amide bonds. The highest BCUT2D eigenvalue weighted by Gasteiger charge is 2.04. The van der Waals surface area contributed by atoms with Crippen molar-refractivity contribution in [1.82, 2.24) is 4.98 Å². The lowest BCUT2D eigenvalue weighted by Gasteiger charge is -2.02. The fourth-order valence-corrected chi connectivity index (χ4v) is 2.01. The maximum Gasteiger partial charge on any atom is 0.138 e. The second kappa shape index (κ2) is 3.17. The minimum absolute atomic E-state index is 0.473. The van der Waals surface area contributed by atoms with E-state index in [-0.39, 0.29) is 0 Å². The predicted octanol–water partition coefficient (Wildman–Crippen LogP) is 3.85. The standard InChI is InChI=1S/C10H7Cl2N/c1-6-5-7-3-2-4-8(11)9(7)10(12)13-6/h2-5H,1H3. The summed E-state index contributed by atoms with van der Waals surface area (Å²) < 4.78 is 0. The number of fused-ring (bicyclic) bond motifs is 1. The number of aryl methyl sites for hydroxylation is 1.